The second-order valence-electron chi connectivity index (χ2n) is 11.3. The van der Waals surface area contributed by atoms with Gasteiger partial charge in [-0.05, 0) is 53.9 Å². The first kappa shape index (κ1) is 28.1. The minimum absolute atomic E-state index is 0.583. The number of aromatic nitrogens is 3. The molecule has 0 N–H and O–H groups in total. The average Bonchev–Trinajstić information content (AvgIpc) is 3.74. The van der Waals surface area contributed by atoms with Crippen LogP contribution in [-0.2, 0) is 0 Å². The summed E-state index contributed by atoms with van der Waals surface area (Å²) in [6.07, 6.45) is 0. The summed E-state index contributed by atoms with van der Waals surface area (Å²) in [4.78, 5) is 10.1. The molecule has 6 nitrogen and oxygen atoms in total. The fourth-order valence-corrected chi connectivity index (χ4v) is 5.98. The van der Waals surface area contributed by atoms with Gasteiger partial charge >= 0.3 is 0 Å². The van der Waals surface area contributed by atoms with E-state index in [2.05, 4.69) is 53.3 Å². The average molecular weight is 608 g/mol. The Morgan fingerprint density at radius 2 is 1.36 bits per heavy atom. The highest BCUT2D eigenvalue weighted by Gasteiger charge is 2.20. The van der Waals surface area contributed by atoms with Gasteiger partial charge in [0.2, 0.25) is 0 Å². The van der Waals surface area contributed by atoms with Gasteiger partial charge in [-0.2, -0.15) is 0 Å². The van der Waals surface area contributed by atoms with Crippen LogP contribution in [0.5, 0.6) is 0 Å². The zero-order valence-electron chi connectivity index (χ0n) is 25.7. The summed E-state index contributed by atoms with van der Waals surface area (Å²) in [5, 5.41) is 10.9. The lowest BCUT2D eigenvalue weighted by Gasteiger charge is -2.09. The summed E-state index contributed by atoms with van der Waals surface area (Å²) >= 11 is 0. The smallest absolute Gasteiger partial charge is 0.161 e. The number of hydrogen-bond acceptors (Lipinski definition) is 4. The molecule has 2 heterocycles. The summed E-state index contributed by atoms with van der Waals surface area (Å²) in [5.41, 5.74) is 10.3. The maximum atomic E-state index is 6.64. The van der Waals surface area contributed by atoms with Crippen molar-refractivity contribution in [3.8, 4) is 16.8 Å². The number of amidine groups is 1. The molecule has 0 unspecified atom stereocenters. The number of benzene rings is 6. The zero-order valence-corrected chi connectivity index (χ0v) is 25.7. The van der Waals surface area contributed by atoms with E-state index >= 15 is 0 Å². The van der Waals surface area contributed by atoms with Crippen molar-refractivity contribution in [1.82, 2.24) is 15.0 Å². The Hall–Kier alpha value is -6.40. The summed E-state index contributed by atoms with van der Waals surface area (Å²) in [5.74, 6) is 0.585. The lowest BCUT2D eigenvalue weighted by Crippen LogP contribution is -2.04. The van der Waals surface area contributed by atoms with E-state index in [1.165, 1.54) is 0 Å². The number of rotatable bonds is 6. The number of aliphatic imine (C=N–C) groups is 2. The SMILES string of the molecule is C=C(/N=C(\N=C(/C)c1ccccc1)c1ccccc1)c1cccc2oc3c(-n4nnc5ccccc54)cc(-c4ccccc4)cc3c12. The third-order valence-electron chi connectivity index (χ3n) is 8.31. The Morgan fingerprint density at radius 1 is 0.681 bits per heavy atom. The Kier molecular flexibility index (Phi) is 7.08. The van der Waals surface area contributed by atoms with E-state index in [0.29, 0.717) is 17.1 Å². The number of furan rings is 1. The second kappa shape index (κ2) is 11.8. The first-order valence-corrected chi connectivity index (χ1v) is 15.4. The normalized spacial score (nSPS) is 12.3. The lowest BCUT2D eigenvalue weighted by molar-refractivity contribution is 0.661. The number of nitrogens with zero attached hydrogens (tertiary/aromatic N) is 5. The Morgan fingerprint density at radius 3 is 2.13 bits per heavy atom. The predicted molar refractivity (Wildman–Crippen MR) is 192 cm³/mol. The molecule has 8 rings (SSSR count). The number of hydrogen-bond donors (Lipinski definition) is 0. The molecule has 0 bridgehead atoms. The highest BCUT2D eigenvalue weighted by atomic mass is 16.3. The Bertz CT molecular complexity index is 2470. The summed E-state index contributed by atoms with van der Waals surface area (Å²) in [6.45, 7) is 6.48. The van der Waals surface area contributed by atoms with Gasteiger partial charge < -0.3 is 4.42 Å². The Balaban J connectivity index is 1.35. The minimum atomic E-state index is 0.583. The third-order valence-corrected chi connectivity index (χ3v) is 8.31. The monoisotopic (exact) mass is 607 g/mol. The second-order valence-corrected chi connectivity index (χ2v) is 11.3. The van der Waals surface area contributed by atoms with Gasteiger partial charge in [0, 0.05) is 27.6 Å². The van der Waals surface area contributed by atoms with E-state index in [1.54, 1.807) is 0 Å². The van der Waals surface area contributed by atoms with Crippen molar-refractivity contribution in [2.24, 2.45) is 9.98 Å². The molecule has 0 atom stereocenters. The molecule has 0 aliphatic rings. The van der Waals surface area contributed by atoms with Crippen LogP contribution in [0.25, 0.3) is 55.5 Å². The van der Waals surface area contributed by atoms with E-state index in [9.17, 15) is 0 Å². The van der Waals surface area contributed by atoms with Gasteiger partial charge in [-0.25, -0.2) is 14.7 Å². The molecule has 2 aromatic heterocycles. The standard InChI is InChI=1S/C41H29N5O/c1-27(29-15-6-3-7-16-29)42-41(31-19-10-5-11-20-31)43-28(2)33-21-14-24-38-39(33)34-25-32(30-17-8-4-9-18-30)26-37(40(34)47-38)46-36-23-13-12-22-35(36)44-45-46/h3-26H,2H2,1H3/b42-27+,43-41-. The first-order chi connectivity index (χ1) is 23.1. The predicted octanol–water partition coefficient (Wildman–Crippen LogP) is 9.91. The quantitative estimate of drug-likeness (QED) is 0.140. The molecule has 0 aliphatic heterocycles. The molecule has 47 heavy (non-hydrogen) atoms. The highest BCUT2D eigenvalue weighted by Crippen LogP contribution is 2.40. The summed E-state index contributed by atoms with van der Waals surface area (Å²) in [7, 11) is 0. The molecular weight excluding hydrogens is 578 g/mol. The maximum absolute atomic E-state index is 6.64. The van der Waals surface area contributed by atoms with Crippen molar-refractivity contribution < 1.29 is 4.42 Å². The molecule has 224 valence electrons. The van der Waals surface area contributed by atoms with Crippen LogP contribution in [0.3, 0.4) is 0 Å². The maximum Gasteiger partial charge on any atom is 0.161 e. The molecule has 0 fully saturated rings. The Labute approximate surface area is 271 Å². The molecule has 6 aromatic carbocycles. The van der Waals surface area contributed by atoms with Crippen LogP contribution in [0.4, 0.5) is 0 Å². The van der Waals surface area contributed by atoms with Crippen molar-refractivity contribution in [3.05, 3.63) is 169 Å². The van der Waals surface area contributed by atoms with Crippen LogP contribution >= 0.6 is 0 Å². The van der Waals surface area contributed by atoms with Crippen molar-refractivity contribution in [1.29, 1.82) is 0 Å². The van der Waals surface area contributed by atoms with Crippen molar-refractivity contribution in [2.75, 3.05) is 0 Å². The van der Waals surface area contributed by atoms with Crippen LogP contribution in [-0.4, -0.2) is 26.5 Å². The zero-order chi connectivity index (χ0) is 31.7. The van der Waals surface area contributed by atoms with Crippen molar-refractivity contribution in [2.45, 2.75) is 6.92 Å². The van der Waals surface area contributed by atoms with Crippen LogP contribution in [0, 0.1) is 0 Å². The summed E-state index contributed by atoms with van der Waals surface area (Å²) < 4.78 is 8.50. The van der Waals surface area contributed by atoms with E-state index in [4.69, 9.17) is 14.4 Å². The topological polar surface area (TPSA) is 68.6 Å². The molecule has 8 aromatic rings. The van der Waals surface area contributed by atoms with Crippen molar-refractivity contribution in [3.63, 3.8) is 0 Å². The molecular formula is C41H29N5O. The number of para-hydroxylation sites is 1. The fraction of sp³-hybridized carbons (Fsp3) is 0.0244. The molecule has 0 spiro atoms. The van der Waals surface area contributed by atoms with Crippen LogP contribution in [0.1, 0.15) is 23.6 Å². The largest absolute Gasteiger partial charge is 0.454 e. The van der Waals surface area contributed by atoms with Crippen LogP contribution in [0.2, 0.25) is 0 Å². The van der Waals surface area contributed by atoms with Gasteiger partial charge in [0.1, 0.15) is 16.8 Å². The highest BCUT2D eigenvalue weighted by molar-refractivity contribution is 6.16. The van der Waals surface area contributed by atoms with Gasteiger partial charge in [0.25, 0.3) is 0 Å². The third kappa shape index (κ3) is 5.22. The van der Waals surface area contributed by atoms with E-state index in [1.807, 2.05) is 121 Å². The van der Waals surface area contributed by atoms with Gasteiger partial charge in [-0.3, -0.25) is 0 Å². The van der Waals surface area contributed by atoms with Crippen LogP contribution < -0.4 is 0 Å². The molecule has 0 aliphatic carbocycles. The summed E-state index contributed by atoms with van der Waals surface area (Å²) in [6, 6.07) is 48.7. The van der Waals surface area contributed by atoms with Crippen LogP contribution in [0.15, 0.2) is 167 Å². The molecule has 0 saturated carbocycles. The fourth-order valence-electron chi connectivity index (χ4n) is 5.98. The van der Waals surface area contributed by atoms with E-state index in [-0.39, 0.29) is 0 Å². The first-order valence-electron chi connectivity index (χ1n) is 15.4. The van der Waals surface area contributed by atoms with Crippen molar-refractivity contribution >= 4 is 50.2 Å². The van der Waals surface area contributed by atoms with Gasteiger partial charge in [-0.15, -0.1) is 5.10 Å². The molecule has 0 saturated heterocycles. The molecule has 0 amide bonds. The number of fused-ring (bicyclic) bond motifs is 4. The lowest BCUT2D eigenvalue weighted by atomic mass is 9.99. The van der Waals surface area contributed by atoms with Gasteiger partial charge in [0.05, 0.1) is 11.2 Å². The molecule has 0 radical (unpaired) electrons. The van der Waals surface area contributed by atoms with Gasteiger partial charge in [-0.1, -0.05) is 127 Å². The van der Waals surface area contributed by atoms with E-state index < -0.39 is 0 Å². The van der Waals surface area contributed by atoms with E-state index in [0.717, 1.165) is 66.6 Å². The molecule has 6 heteroatoms. The minimum Gasteiger partial charge on any atom is -0.454 e. The van der Waals surface area contributed by atoms with Gasteiger partial charge in [0.15, 0.2) is 11.4 Å².